The van der Waals surface area contributed by atoms with Gasteiger partial charge in [0.25, 0.3) is 0 Å². The Kier molecular flexibility index (Phi) is 4.72. The number of hydrogen-bond acceptors (Lipinski definition) is 2. The highest BCUT2D eigenvalue weighted by Gasteiger charge is 2.14. The summed E-state index contributed by atoms with van der Waals surface area (Å²) in [4.78, 5) is 0.421. The van der Waals surface area contributed by atoms with Crippen LogP contribution in [-0.4, -0.2) is 13.2 Å². The zero-order valence-electron chi connectivity index (χ0n) is 10.2. The summed E-state index contributed by atoms with van der Waals surface area (Å²) in [5, 5.41) is 0. The van der Waals surface area contributed by atoms with Crippen molar-refractivity contribution in [3.8, 4) is 11.5 Å². The number of fused-ring (bicyclic) bond motifs is 1. The lowest BCUT2D eigenvalue weighted by atomic mass is 10.1. The highest BCUT2D eigenvalue weighted by molar-refractivity contribution is 9.09. The van der Waals surface area contributed by atoms with Gasteiger partial charge in [0, 0.05) is 4.83 Å². The molecule has 1 atom stereocenters. The Morgan fingerprint density at radius 3 is 2.71 bits per heavy atom. The lowest BCUT2D eigenvalue weighted by Gasteiger charge is -2.20. The molecule has 0 bridgehead atoms. The maximum absolute atomic E-state index is 5.59. The average molecular weight is 299 g/mol. The van der Waals surface area contributed by atoms with Crippen molar-refractivity contribution in [2.75, 3.05) is 13.2 Å². The van der Waals surface area contributed by atoms with E-state index < -0.39 is 0 Å². The molecule has 2 nitrogen and oxygen atoms in total. The minimum absolute atomic E-state index is 0.421. The van der Waals surface area contributed by atoms with E-state index >= 15 is 0 Å². The van der Waals surface area contributed by atoms with Gasteiger partial charge in [-0.15, -0.1) is 0 Å². The first-order valence-electron chi connectivity index (χ1n) is 6.35. The van der Waals surface area contributed by atoms with Crippen LogP contribution >= 0.6 is 15.9 Å². The summed E-state index contributed by atoms with van der Waals surface area (Å²) in [5.41, 5.74) is 1.28. The molecular weight excluding hydrogens is 280 g/mol. The van der Waals surface area contributed by atoms with Gasteiger partial charge in [-0.2, -0.15) is 0 Å². The number of unbranched alkanes of at least 4 members (excludes halogenated alkanes) is 2. The molecular formula is C14H19BrO2. The molecule has 3 heteroatoms. The Labute approximate surface area is 111 Å². The van der Waals surface area contributed by atoms with Crippen LogP contribution < -0.4 is 9.47 Å². The fourth-order valence-electron chi connectivity index (χ4n) is 1.99. The minimum atomic E-state index is 0.421. The maximum Gasteiger partial charge on any atom is 0.161 e. The van der Waals surface area contributed by atoms with Gasteiger partial charge in [0.2, 0.25) is 0 Å². The predicted molar refractivity (Wildman–Crippen MR) is 73.2 cm³/mol. The smallest absolute Gasteiger partial charge is 0.161 e. The second kappa shape index (κ2) is 6.29. The molecule has 2 rings (SSSR count). The van der Waals surface area contributed by atoms with Gasteiger partial charge < -0.3 is 9.47 Å². The summed E-state index contributed by atoms with van der Waals surface area (Å²) >= 11 is 3.75. The van der Waals surface area contributed by atoms with E-state index in [2.05, 4.69) is 35.0 Å². The maximum atomic E-state index is 5.59. The van der Waals surface area contributed by atoms with Crippen LogP contribution in [0.5, 0.6) is 11.5 Å². The van der Waals surface area contributed by atoms with Crippen molar-refractivity contribution in [3.05, 3.63) is 23.8 Å². The molecule has 0 N–H and O–H groups in total. The van der Waals surface area contributed by atoms with Crippen LogP contribution in [0.1, 0.15) is 43.0 Å². The molecule has 17 heavy (non-hydrogen) atoms. The molecule has 0 spiro atoms. The summed E-state index contributed by atoms with van der Waals surface area (Å²) in [6, 6.07) is 6.23. The molecule has 0 fully saturated rings. The van der Waals surface area contributed by atoms with Crippen molar-refractivity contribution in [3.63, 3.8) is 0 Å². The van der Waals surface area contributed by atoms with Crippen molar-refractivity contribution >= 4 is 15.9 Å². The van der Waals surface area contributed by atoms with Gasteiger partial charge in [0.15, 0.2) is 11.5 Å². The molecule has 1 aromatic rings. The van der Waals surface area contributed by atoms with Crippen LogP contribution in [0.2, 0.25) is 0 Å². The van der Waals surface area contributed by atoms with E-state index in [9.17, 15) is 0 Å². The molecule has 1 unspecified atom stereocenters. The van der Waals surface area contributed by atoms with Crippen LogP contribution in [0.4, 0.5) is 0 Å². The van der Waals surface area contributed by atoms with Crippen LogP contribution in [-0.2, 0) is 0 Å². The van der Waals surface area contributed by atoms with Gasteiger partial charge in [-0.1, -0.05) is 48.2 Å². The topological polar surface area (TPSA) is 18.5 Å². The Bertz CT molecular complexity index is 365. The first-order valence-corrected chi connectivity index (χ1v) is 7.26. The lowest BCUT2D eigenvalue weighted by Crippen LogP contribution is -2.15. The van der Waals surface area contributed by atoms with Crippen LogP contribution in [0, 0.1) is 0 Å². The first kappa shape index (κ1) is 12.7. The third-order valence-electron chi connectivity index (χ3n) is 2.99. The third kappa shape index (κ3) is 3.38. The number of halogens is 1. The normalized spacial score (nSPS) is 15.6. The number of rotatable bonds is 5. The number of benzene rings is 1. The summed E-state index contributed by atoms with van der Waals surface area (Å²) < 4.78 is 11.1. The van der Waals surface area contributed by atoms with Gasteiger partial charge in [0.1, 0.15) is 13.2 Å². The van der Waals surface area contributed by atoms with Crippen molar-refractivity contribution in [2.45, 2.75) is 37.4 Å². The SMILES string of the molecule is CCCCCC(Br)c1ccc2c(c1)OCCO2. The Hall–Kier alpha value is -0.700. The molecule has 1 aliphatic rings. The van der Waals surface area contributed by atoms with E-state index in [0.29, 0.717) is 18.0 Å². The predicted octanol–water partition coefficient (Wildman–Crippen LogP) is 4.47. The average Bonchev–Trinajstić information content (AvgIpc) is 2.38. The molecule has 0 amide bonds. The molecule has 0 saturated carbocycles. The highest BCUT2D eigenvalue weighted by atomic mass is 79.9. The first-order chi connectivity index (χ1) is 8.31. The molecule has 0 aromatic heterocycles. The van der Waals surface area contributed by atoms with Crippen LogP contribution in [0.3, 0.4) is 0 Å². The number of alkyl halides is 1. The van der Waals surface area contributed by atoms with E-state index in [4.69, 9.17) is 9.47 Å². The van der Waals surface area contributed by atoms with E-state index in [0.717, 1.165) is 11.5 Å². The second-order valence-electron chi connectivity index (χ2n) is 4.37. The van der Waals surface area contributed by atoms with Crippen LogP contribution in [0.25, 0.3) is 0 Å². The van der Waals surface area contributed by atoms with Gasteiger partial charge in [0.05, 0.1) is 0 Å². The van der Waals surface area contributed by atoms with E-state index in [1.165, 1.54) is 31.2 Å². The fraction of sp³-hybridized carbons (Fsp3) is 0.571. The summed E-state index contributed by atoms with van der Waals surface area (Å²) in [6.07, 6.45) is 5.00. The Balaban J connectivity index is 2.00. The van der Waals surface area contributed by atoms with E-state index in [1.54, 1.807) is 0 Å². The monoisotopic (exact) mass is 298 g/mol. The van der Waals surface area contributed by atoms with Crippen molar-refractivity contribution in [1.82, 2.24) is 0 Å². The zero-order chi connectivity index (χ0) is 12.1. The van der Waals surface area contributed by atoms with Crippen molar-refractivity contribution in [2.24, 2.45) is 0 Å². The molecule has 1 aliphatic heterocycles. The molecule has 1 aromatic carbocycles. The quantitative estimate of drug-likeness (QED) is 0.590. The van der Waals surface area contributed by atoms with Crippen molar-refractivity contribution < 1.29 is 9.47 Å². The second-order valence-corrected chi connectivity index (χ2v) is 5.47. The standard InChI is InChI=1S/C14H19BrO2/c1-2-3-4-5-12(15)11-6-7-13-14(10-11)17-9-8-16-13/h6-7,10,12H,2-5,8-9H2,1H3. The van der Waals surface area contributed by atoms with E-state index in [-0.39, 0.29) is 0 Å². The highest BCUT2D eigenvalue weighted by Crippen LogP contribution is 2.36. The minimum Gasteiger partial charge on any atom is -0.486 e. The lowest BCUT2D eigenvalue weighted by molar-refractivity contribution is 0.171. The fourth-order valence-corrected chi connectivity index (χ4v) is 2.60. The molecule has 0 aliphatic carbocycles. The third-order valence-corrected chi connectivity index (χ3v) is 3.98. The Morgan fingerprint density at radius 1 is 1.18 bits per heavy atom. The van der Waals surface area contributed by atoms with Gasteiger partial charge >= 0.3 is 0 Å². The van der Waals surface area contributed by atoms with Crippen LogP contribution in [0.15, 0.2) is 18.2 Å². The molecule has 0 radical (unpaired) electrons. The Morgan fingerprint density at radius 2 is 1.94 bits per heavy atom. The number of hydrogen-bond donors (Lipinski definition) is 0. The summed E-state index contributed by atoms with van der Waals surface area (Å²) in [7, 11) is 0. The largest absolute Gasteiger partial charge is 0.486 e. The van der Waals surface area contributed by atoms with Crippen molar-refractivity contribution in [1.29, 1.82) is 0 Å². The molecule has 1 heterocycles. The van der Waals surface area contributed by atoms with Gasteiger partial charge in [-0.25, -0.2) is 0 Å². The van der Waals surface area contributed by atoms with E-state index in [1.807, 2.05) is 6.07 Å². The van der Waals surface area contributed by atoms with Gasteiger partial charge in [-0.05, 0) is 24.1 Å². The molecule has 0 saturated heterocycles. The van der Waals surface area contributed by atoms with Gasteiger partial charge in [-0.3, -0.25) is 0 Å². The zero-order valence-corrected chi connectivity index (χ0v) is 11.8. The summed E-state index contributed by atoms with van der Waals surface area (Å²) in [5.74, 6) is 1.75. The number of ether oxygens (including phenoxy) is 2. The summed E-state index contributed by atoms with van der Waals surface area (Å²) in [6.45, 7) is 3.53. The molecule has 94 valence electrons.